The Morgan fingerprint density at radius 1 is 1.06 bits per heavy atom. The zero-order valence-electron chi connectivity index (χ0n) is 20.0. The average Bonchev–Trinajstić information content (AvgIpc) is 3.51. The smallest absolute Gasteiger partial charge is 0.271 e. The van der Waals surface area contributed by atoms with Crippen molar-refractivity contribution in [3.63, 3.8) is 0 Å². The molecule has 0 saturated heterocycles. The molecule has 178 valence electrons. The molecule has 2 amide bonds. The molecule has 0 unspecified atom stereocenters. The van der Waals surface area contributed by atoms with Crippen LogP contribution in [0.1, 0.15) is 55.6 Å². The maximum Gasteiger partial charge on any atom is 0.271 e. The van der Waals surface area contributed by atoms with Crippen LogP contribution in [0.2, 0.25) is 0 Å². The molecule has 2 aliphatic rings. The second-order valence-electron chi connectivity index (χ2n) is 9.98. The first-order chi connectivity index (χ1) is 16.5. The number of furan rings is 1. The summed E-state index contributed by atoms with van der Waals surface area (Å²) in [6.07, 6.45) is 6.79. The highest BCUT2D eigenvalue weighted by Crippen LogP contribution is 2.34. The highest BCUT2D eigenvalue weighted by molar-refractivity contribution is 6.00. The molecule has 0 radical (unpaired) electrons. The third-order valence-corrected chi connectivity index (χ3v) is 7.66. The molecule has 34 heavy (non-hydrogen) atoms. The summed E-state index contributed by atoms with van der Waals surface area (Å²) in [6.45, 7) is 4.99. The third kappa shape index (κ3) is 4.06. The zero-order chi connectivity index (χ0) is 23.7. The molecule has 3 aromatic rings. The molecule has 3 atom stereocenters. The van der Waals surface area contributed by atoms with Crippen molar-refractivity contribution in [2.24, 2.45) is 5.92 Å². The van der Waals surface area contributed by atoms with Gasteiger partial charge in [-0.2, -0.15) is 0 Å². The van der Waals surface area contributed by atoms with E-state index in [2.05, 4.69) is 24.4 Å². The summed E-state index contributed by atoms with van der Waals surface area (Å²) in [7, 11) is 0. The van der Waals surface area contributed by atoms with Crippen LogP contribution in [0.25, 0.3) is 11.5 Å². The van der Waals surface area contributed by atoms with E-state index in [0.717, 1.165) is 30.5 Å². The number of nitrogens with one attached hydrogen (secondary N) is 1. The fourth-order valence-corrected chi connectivity index (χ4v) is 5.50. The molecule has 3 heterocycles. The van der Waals surface area contributed by atoms with E-state index in [4.69, 9.17) is 4.42 Å². The van der Waals surface area contributed by atoms with Crippen molar-refractivity contribution < 1.29 is 14.0 Å². The van der Waals surface area contributed by atoms with Crippen LogP contribution in [0.15, 0.2) is 65.3 Å². The maximum absolute atomic E-state index is 13.9. The SMILES string of the molecule is C[C@@H]1CCCC[C@H]1NC(=O)[C@]1(C)Cn2c(ccc2-c2ccco2)C(=O)N1CCc1ccccc1. The van der Waals surface area contributed by atoms with Crippen molar-refractivity contribution in [3.05, 3.63) is 72.1 Å². The van der Waals surface area contributed by atoms with E-state index in [1.165, 1.54) is 6.42 Å². The Morgan fingerprint density at radius 3 is 2.56 bits per heavy atom. The van der Waals surface area contributed by atoms with E-state index in [1.807, 2.05) is 54.0 Å². The molecule has 1 saturated carbocycles. The monoisotopic (exact) mass is 459 g/mol. The van der Waals surface area contributed by atoms with Crippen LogP contribution in [0.5, 0.6) is 0 Å². The number of aromatic nitrogens is 1. The molecule has 1 aromatic carbocycles. The Balaban J connectivity index is 1.48. The molecule has 1 aliphatic carbocycles. The first-order valence-corrected chi connectivity index (χ1v) is 12.4. The summed E-state index contributed by atoms with van der Waals surface area (Å²) in [5.41, 5.74) is 1.56. The summed E-state index contributed by atoms with van der Waals surface area (Å²) in [4.78, 5) is 29.5. The minimum Gasteiger partial charge on any atom is -0.463 e. The summed E-state index contributed by atoms with van der Waals surface area (Å²) >= 11 is 0. The normalized spacial score (nSPS) is 24.6. The van der Waals surface area contributed by atoms with Gasteiger partial charge in [0.25, 0.3) is 5.91 Å². The number of amides is 2. The second kappa shape index (κ2) is 9.16. The van der Waals surface area contributed by atoms with E-state index in [-0.39, 0.29) is 17.9 Å². The fraction of sp³-hybridized carbons (Fsp3) is 0.429. The molecule has 2 aromatic heterocycles. The van der Waals surface area contributed by atoms with E-state index in [0.29, 0.717) is 36.9 Å². The molecular formula is C28H33N3O3. The molecular weight excluding hydrogens is 426 g/mol. The van der Waals surface area contributed by atoms with Crippen molar-refractivity contribution >= 4 is 11.8 Å². The van der Waals surface area contributed by atoms with Gasteiger partial charge in [-0.25, -0.2) is 0 Å². The predicted molar refractivity (Wildman–Crippen MR) is 131 cm³/mol. The molecule has 1 aliphatic heterocycles. The van der Waals surface area contributed by atoms with Crippen LogP contribution in [0.3, 0.4) is 0 Å². The van der Waals surface area contributed by atoms with E-state index in [9.17, 15) is 9.59 Å². The third-order valence-electron chi connectivity index (χ3n) is 7.66. The molecule has 6 nitrogen and oxygen atoms in total. The van der Waals surface area contributed by atoms with Gasteiger partial charge in [0.05, 0.1) is 18.5 Å². The zero-order valence-corrected chi connectivity index (χ0v) is 20.0. The highest BCUT2D eigenvalue weighted by atomic mass is 16.3. The van der Waals surface area contributed by atoms with Gasteiger partial charge in [0, 0.05) is 12.6 Å². The predicted octanol–water partition coefficient (Wildman–Crippen LogP) is 4.90. The van der Waals surface area contributed by atoms with Crippen molar-refractivity contribution in [3.8, 4) is 11.5 Å². The van der Waals surface area contributed by atoms with Crippen molar-refractivity contribution in [1.82, 2.24) is 14.8 Å². The fourth-order valence-electron chi connectivity index (χ4n) is 5.50. The largest absolute Gasteiger partial charge is 0.463 e. The van der Waals surface area contributed by atoms with Crippen molar-refractivity contribution in [1.29, 1.82) is 0 Å². The van der Waals surface area contributed by atoms with Gasteiger partial charge in [-0.3, -0.25) is 9.59 Å². The second-order valence-corrected chi connectivity index (χ2v) is 9.98. The number of rotatable bonds is 6. The topological polar surface area (TPSA) is 67.5 Å². The minimum atomic E-state index is -1.00. The Labute approximate surface area is 200 Å². The first-order valence-electron chi connectivity index (χ1n) is 12.4. The van der Waals surface area contributed by atoms with Crippen LogP contribution in [-0.2, 0) is 17.8 Å². The molecule has 0 bridgehead atoms. The lowest BCUT2D eigenvalue weighted by molar-refractivity contribution is -0.134. The van der Waals surface area contributed by atoms with Crippen LogP contribution in [-0.4, -0.2) is 39.4 Å². The first kappa shape index (κ1) is 22.5. The number of carbonyl (C=O) groups excluding carboxylic acids is 2. The molecule has 5 rings (SSSR count). The number of hydrogen-bond acceptors (Lipinski definition) is 3. The maximum atomic E-state index is 13.9. The van der Waals surface area contributed by atoms with Crippen molar-refractivity contribution in [2.75, 3.05) is 6.54 Å². The van der Waals surface area contributed by atoms with Crippen LogP contribution < -0.4 is 5.32 Å². The van der Waals surface area contributed by atoms with E-state index in [1.54, 1.807) is 11.2 Å². The Kier molecular flexibility index (Phi) is 6.07. The lowest BCUT2D eigenvalue weighted by Gasteiger charge is -2.45. The van der Waals surface area contributed by atoms with Crippen LogP contribution in [0, 0.1) is 5.92 Å². The van der Waals surface area contributed by atoms with Gasteiger partial charge < -0.3 is 19.2 Å². The van der Waals surface area contributed by atoms with Gasteiger partial charge in [0.2, 0.25) is 5.91 Å². The lowest BCUT2D eigenvalue weighted by atomic mass is 9.85. The standard InChI is InChI=1S/C28H33N3O3/c1-20-9-6-7-12-22(20)29-27(33)28(2)19-30-23(25-13-8-18-34-25)14-15-24(30)26(32)31(28)17-16-21-10-4-3-5-11-21/h3-5,8,10-11,13-15,18,20,22H,6-7,9,12,16-17,19H2,1-2H3,(H,29,33)/t20-,22-,28+/m1/s1. The highest BCUT2D eigenvalue weighted by Gasteiger charge is 2.48. The summed E-state index contributed by atoms with van der Waals surface area (Å²) < 4.78 is 7.58. The minimum absolute atomic E-state index is 0.0718. The molecule has 1 fully saturated rings. The van der Waals surface area contributed by atoms with Crippen molar-refractivity contribution in [2.45, 2.75) is 64.1 Å². The molecule has 6 heteroatoms. The lowest BCUT2D eigenvalue weighted by Crippen LogP contribution is -2.65. The van der Waals surface area contributed by atoms with Gasteiger partial charge in [0.15, 0.2) is 0 Å². The number of hydrogen-bond donors (Lipinski definition) is 1. The number of carbonyl (C=O) groups is 2. The Hall–Kier alpha value is -3.28. The van der Waals surface area contributed by atoms with Crippen LogP contribution in [0.4, 0.5) is 0 Å². The summed E-state index contributed by atoms with van der Waals surface area (Å²) in [6, 6.07) is 17.7. The van der Waals surface area contributed by atoms with E-state index >= 15 is 0 Å². The Bertz CT molecular complexity index is 1150. The number of fused-ring (bicyclic) bond motifs is 1. The van der Waals surface area contributed by atoms with Crippen LogP contribution >= 0.6 is 0 Å². The molecule has 1 N–H and O–H groups in total. The Morgan fingerprint density at radius 2 is 1.82 bits per heavy atom. The van der Waals surface area contributed by atoms with Gasteiger partial charge in [-0.05, 0) is 61.9 Å². The number of benzene rings is 1. The van der Waals surface area contributed by atoms with Gasteiger partial charge >= 0.3 is 0 Å². The van der Waals surface area contributed by atoms with Gasteiger partial charge in [-0.1, -0.05) is 50.1 Å². The quantitative estimate of drug-likeness (QED) is 0.570. The average molecular weight is 460 g/mol. The van der Waals surface area contributed by atoms with Gasteiger partial charge in [-0.15, -0.1) is 0 Å². The van der Waals surface area contributed by atoms with E-state index < -0.39 is 5.54 Å². The molecule has 0 spiro atoms. The summed E-state index contributed by atoms with van der Waals surface area (Å²) in [5, 5.41) is 3.34. The summed E-state index contributed by atoms with van der Waals surface area (Å²) in [5.74, 6) is 0.950. The number of nitrogens with zero attached hydrogens (tertiary/aromatic N) is 2. The van der Waals surface area contributed by atoms with Gasteiger partial charge in [0.1, 0.15) is 17.0 Å².